The number of aliphatic hydroxyl groups is 1. The molecular formula is C12H20N2O3S. The van der Waals surface area contributed by atoms with E-state index in [9.17, 15) is 13.5 Å². The molecule has 0 saturated carbocycles. The highest BCUT2D eigenvalue weighted by Gasteiger charge is 2.10. The number of aryl methyl sites for hydroxylation is 1. The summed E-state index contributed by atoms with van der Waals surface area (Å²) in [6.07, 6.45) is 0.0197. The van der Waals surface area contributed by atoms with E-state index in [4.69, 9.17) is 0 Å². The van der Waals surface area contributed by atoms with Crippen molar-refractivity contribution in [2.45, 2.75) is 39.8 Å². The Kier molecular flexibility index (Phi) is 5.25. The third-order valence-corrected chi connectivity index (χ3v) is 4.11. The van der Waals surface area contributed by atoms with Crippen molar-refractivity contribution >= 4 is 10.0 Å². The molecule has 0 unspecified atom stereocenters. The van der Waals surface area contributed by atoms with Gasteiger partial charge in [0.25, 0.3) is 0 Å². The van der Waals surface area contributed by atoms with E-state index in [1.54, 1.807) is 26.0 Å². The molecule has 102 valence electrons. The van der Waals surface area contributed by atoms with Gasteiger partial charge in [0.15, 0.2) is 0 Å². The zero-order chi connectivity index (χ0) is 13.8. The second-order valence-corrected chi connectivity index (χ2v) is 6.22. The van der Waals surface area contributed by atoms with Crippen LogP contribution in [0.25, 0.3) is 0 Å². The summed E-state index contributed by atoms with van der Waals surface area (Å²) >= 11 is 0. The number of sulfonamides is 1. The molecule has 5 nitrogen and oxygen atoms in total. The molecule has 0 aliphatic carbocycles. The van der Waals surface area contributed by atoms with Crippen LogP contribution < -0.4 is 4.72 Å². The molecule has 1 aromatic rings. The van der Waals surface area contributed by atoms with Crippen LogP contribution in [0.5, 0.6) is 0 Å². The van der Waals surface area contributed by atoms with E-state index in [0.29, 0.717) is 12.1 Å². The normalized spacial score (nSPS) is 13.6. The van der Waals surface area contributed by atoms with Crippen LogP contribution in [-0.4, -0.2) is 24.3 Å². The Balaban J connectivity index is 2.73. The summed E-state index contributed by atoms with van der Waals surface area (Å²) in [5, 5.41) is 9.47. The van der Waals surface area contributed by atoms with Gasteiger partial charge in [0, 0.05) is 11.3 Å². The Morgan fingerprint density at radius 3 is 2.61 bits per heavy atom. The summed E-state index contributed by atoms with van der Waals surface area (Å²) < 4.78 is 25.5. The standard InChI is InChI=1S/C12H20N2O3S/c1-4-7-18(16,17)13-8-11-5-6-12(10(3)15)9(2)14-11/h5-6,10,13,15H,4,7-8H2,1-3H3/t10-/m1/s1. The molecule has 0 amide bonds. The Bertz CT molecular complexity index is 498. The zero-order valence-corrected chi connectivity index (χ0v) is 11.8. The molecule has 0 aliphatic rings. The molecule has 18 heavy (non-hydrogen) atoms. The predicted molar refractivity (Wildman–Crippen MR) is 70.5 cm³/mol. The molecule has 0 radical (unpaired) electrons. The van der Waals surface area contributed by atoms with E-state index in [0.717, 1.165) is 11.3 Å². The van der Waals surface area contributed by atoms with Gasteiger partial charge in [0.2, 0.25) is 10.0 Å². The van der Waals surface area contributed by atoms with Crippen LogP contribution >= 0.6 is 0 Å². The van der Waals surface area contributed by atoms with Crippen molar-refractivity contribution in [1.82, 2.24) is 9.71 Å². The average Bonchev–Trinajstić information content (AvgIpc) is 2.26. The van der Waals surface area contributed by atoms with Gasteiger partial charge in [0.1, 0.15) is 0 Å². The van der Waals surface area contributed by atoms with E-state index >= 15 is 0 Å². The summed E-state index contributed by atoms with van der Waals surface area (Å²) in [5.74, 6) is 0.123. The maximum atomic E-state index is 11.5. The lowest BCUT2D eigenvalue weighted by atomic mass is 10.1. The summed E-state index contributed by atoms with van der Waals surface area (Å²) in [6.45, 7) is 5.47. The molecule has 0 spiro atoms. The average molecular weight is 272 g/mol. The van der Waals surface area contributed by atoms with Crippen LogP contribution in [0.1, 0.15) is 43.3 Å². The fourth-order valence-electron chi connectivity index (χ4n) is 1.69. The molecule has 2 N–H and O–H groups in total. The van der Waals surface area contributed by atoms with Gasteiger partial charge in [-0.15, -0.1) is 0 Å². The maximum absolute atomic E-state index is 11.5. The summed E-state index contributed by atoms with van der Waals surface area (Å²) in [4.78, 5) is 4.27. The van der Waals surface area contributed by atoms with E-state index in [2.05, 4.69) is 9.71 Å². The smallest absolute Gasteiger partial charge is 0.211 e. The topological polar surface area (TPSA) is 79.3 Å². The summed E-state index contributed by atoms with van der Waals surface area (Å²) in [6, 6.07) is 3.50. The number of rotatable bonds is 6. The van der Waals surface area contributed by atoms with Gasteiger partial charge in [-0.25, -0.2) is 13.1 Å². The second-order valence-electron chi connectivity index (χ2n) is 4.29. The van der Waals surface area contributed by atoms with Crippen molar-refractivity contribution < 1.29 is 13.5 Å². The van der Waals surface area contributed by atoms with Gasteiger partial charge < -0.3 is 5.11 Å². The fourth-order valence-corrected chi connectivity index (χ4v) is 2.74. The number of aliphatic hydroxyl groups excluding tert-OH is 1. The molecule has 6 heteroatoms. The van der Waals surface area contributed by atoms with Crippen LogP contribution in [0.4, 0.5) is 0 Å². The SMILES string of the molecule is CCCS(=O)(=O)NCc1ccc([C@@H](C)O)c(C)n1. The number of pyridine rings is 1. The van der Waals surface area contributed by atoms with Crippen LogP contribution in [-0.2, 0) is 16.6 Å². The third-order valence-electron chi connectivity index (χ3n) is 2.58. The summed E-state index contributed by atoms with van der Waals surface area (Å²) in [5.41, 5.74) is 2.13. The highest BCUT2D eigenvalue weighted by molar-refractivity contribution is 7.89. The monoisotopic (exact) mass is 272 g/mol. The Labute approximate surface area is 108 Å². The molecule has 0 bridgehead atoms. The summed E-state index contributed by atoms with van der Waals surface area (Å²) in [7, 11) is -3.21. The Morgan fingerprint density at radius 1 is 1.44 bits per heavy atom. The molecule has 1 rings (SSSR count). The van der Waals surface area contributed by atoms with E-state index in [1.165, 1.54) is 0 Å². The van der Waals surface area contributed by atoms with Gasteiger partial charge in [0.05, 0.1) is 24.1 Å². The fraction of sp³-hybridized carbons (Fsp3) is 0.583. The van der Waals surface area contributed by atoms with Gasteiger partial charge >= 0.3 is 0 Å². The number of nitrogens with one attached hydrogen (secondary N) is 1. The van der Waals surface area contributed by atoms with Crippen LogP contribution in [0.2, 0.25) is 0 Å². The third kappa shape index (κ3) is 4.36. The minimum absolute atomic E-state index is 0.123. The van der Waals surface area contributed by atoms with Crippen LogP contribution in [0.3, 0.4) is 0 Å². The van der Waals surface area contributed by atoms with Gasteiger partial charge in [-0.2, -0.15) is 0 Å². The molecule has 1 atom stereocenters. The first-order valence-electron chi connectivity index (χ1n) is 5.97. The van der Waals surface area contributed by atoms with Gasteiger partial charge in [-0.3, -0.25) is 4.98 Å². The number of hydrogen-bond donors (Lipinski definition) is 2. The second kappa shape index (κ2) is 6.26. The van der Waals surface area contributed by atoms with Crippen molar-refractivity contribution in [3.8, 4) is 0 Å². The lowest BCUT2D eigenvalue weighted by molar-refractivity contribution is 0.198. The molecule has 0 aromatic carbocycles. The zero-order valence-electron chi connectivity index (χ0n) is 11.0. The first-order chi connectivity index (χ1) is 8.35. The minimum Gasteiger partial charge on any atom is -0.389 e. The Morgan fingerprint density at radius 2 is 2.11 bits per heavy atom. The Hall–Kier alpha value is -0.980. The molecular weight excluding hydrogens is 252 g/mol. The largest absolute Gasteiger partial charge is 0.389 e. The first kappa shape index (κ1) is 15.1. The van der Waals surface area contributed by atoms with Crippen LogP contribution in [0, 0.1) is 6.92 Å². The minimum atomic E-state index is -3.21. The number of hydrogen-bond acceptors (Lipinski definition) is 4. The van der Waals surface area contributed by atoms with Crippen molar-refractivity contribution in [3.63, 3.8) is 0 Å². The van der Waals surface area contributed by atoms with E-state index < -0.39 is 16.1 Å². The molecule has 0 fully saturated rings. The molecule has 1 aromatic heterocycles. The quantitative estimate of drug-likeness (QED) is 0.817. The van der Waals surface area contributed by atoms with Crippen molar-refractivity contribution in [3.05, 3.63) is 29.1 Å². The number of nitrogens with zero attached hydrogens (tertiary/aromatic N) is 1. The van der Waals surface area contributed by atoms with Crippen molar-refractivity contribution in [2.75, 3.05) is 5.75 Å². The molecule has 1 heterocycles. The predicted octanol–water partition coefficient (Wildman–Crippen LogP) is 1.27. The first-order valence-corrected chi connectivity index (χ1v) is 7.62. The van der Waals surface area contributed by atoms with Crippen molar-refractivity contribution in [2.24, 2.45) is 0 Å². The highest BCUT2D eigenvalue weighted by atomic mass is 32.2. The lowest BCUT2D eigenvalue weighted by Crippen LogP contribution is -2.26. The number of aromatic nitrogens is 1. The van der Waals surface area contributed by atoms with Crippen molar-refractivity contribution in [1.29, 1.82) is 0 Å². The highest BCUT2D eigenvalue weighted by Crippen LogP contribution is 2.15. The van der Waals surface area contributed by atoms with E-state index in [1.807, 2.05) is 6.92 Å². The van der Waals surface area contributed by atoms with Gasteiger partial charge in [-0.05, 0) is 26.3 Å². The lowest BCUT2D eigenvalue weighted by Gasteiger charge is -2.10. The van der Waals surface area contributed by atoms with Gasteiger partial charge in [-0.1, -0.05) is 13.0 Å². The van der Waals surface area contributed by atoms with Crippen LogP contribution in [0.15, 0.2) is 12.1 Å². The van der Waals surface area contributed by atoms with E-state index in [-0.39, 0.29) is 12.3 Å². The molecule has 0 saturated heterocycles. The maximum Gasteiger partial charge on any atom is 0.211 e. The molecule has 0 aliphatic heterocycles.